The van der Waals surface area contributed by atoms with Crippen LogP contribution in [0.4, 0.5) is 4.39 Å². The predicted octanol–water partition coefficient (Wildman–Crippen LogP) is 3.17. The highest BCUT2D eigenvalue weighted by Gasteiger charge is 2.46. The van der Waals surface area contributed by atoms with E-state index in [0.717, 1.165) is 10.0 Å². The summed E-state index contributed by atoms with van der Waals surface area (Å²) in [5, 5.41) is 10.8. The number of rotatable bonds is 3. The Morgan fingerprint density at radius 2 is 1.91 bits per heavy atom. The molecule has 2 aromatic rings. The zero-order valence-corrected chi connectivity index (χ0v) is 13.1. The van der Waals surface area contributed by atoms with Gasteiger partial charge in [0.15, 0.2) is 17.2 Å². The Morgan fingerprint density at radius 1 is 1.23 bits per heavy atom. The van der Waals surface area contributed by atoms with E-state index >= 15 is 0 Å². The van der Waals surface area contributed by atoms with Crippen LogP contribution in [0, 0.1) is 5.82 Å². The number of hydrogen-bond acceptors (Lipinski definition) is 3. The van der Waals surface area contributed by atoms with Gasteiger partial charge in [-0.15, -0.1) is 0 Å². The van der Waals surface area contributed by atoms with E-state index in [2.05, 4.69) is 15.9 Å². The first-order valence-electron chi connectivity index (χ1n) is 6.73. The Bertz CT molecular complexity index is 770. The third kappa shape index (κ3) is 2.51. The summed E-state index contributed by atoms with van der Waals surface area (Å²) >= 11 is 3.31. The van der Waals surface area contributed by atoms with Crippen molar-refractivity contribution in [1.82, 2.24) is 0 Å². The molecule has 1 N–H and O–H groups in total. The van der Waals surface area contributed by atoms with Crippen LogP contribution in [0.2, 0.25) is 0 Å². The molecule has 0 spiro atoms. The third-order valence-corrected chi connectivity index (χ3v) is 4.41. The molecule has 0 fully saturated rings. The average molecular weight is 363 g/mol. The van der Waals surface area contributed by atoms with Crippen LogP contribution in [-0.4, -0.2) is 16.7 Å². The van der Waals surface area contributed by atoms with E-state index in [1.165, 1.54) is 24.3 Å². The number of carbonyl (C=O) groups excluding carboxylic acids is 2. The second-order valence-corrected chi connectivity index (χ2v) is 6.28. The second kappa shape index (κ2) is 5.41. The summed E-state index contributed by atoms with van der Waals surface area (Å²) in [7, 11) is 0. The zero-order valence-electron chi connectivity index (χ0n) is 11.5. The van der Waals surface area contributed by atoms with Crippen molar-refractivity contribution in [2.75, 3.05) is 0 Å². The minimum Gasteiger partial charge on any atom is -0.377 e. The van der Waals surface area contributed by atoms with Crippen LogP contribution in [0.25, 0.3) is 0 Å². The van der Waals surface area contributed by atoms with E-state index in [1.54, 1.807) is 18.2 Å². The van der Waals surface area contributed by atoms with E-state index in [0.29, 0.717) is 5.56 Å². The van der Waals surface area contributed by atoms with Crippen LogP contribution in [0.1, 0.15) is 27.9 Å². The van der Waals surface area contributed by atoms with Gasteiger partial charge in [-0.05, 0) is 47.5 Å². The van der Waals surface area contributed by atoms with Crippen LogP contribution in [-0.2, 0) is 16.8 Å². The van der Waals surface area contributed by atoms with Gasteiger partial charge in [0, 0.05) is 16.5 Å². The van der Waals surface area contributed by atoms with Gasteiger partial charge in [-0.3, -0.25) is 9.59 Å². The molecule has 22 heavy (non-hydrogen) atoms. The summed E-state index contributed by atoms with van der Waals surface area (Å²) in [4.78, 5) is 24.5. The molecule has 0 heterocycles. The number of fused-ring (bicyclic) bond motifs is 1. The highest BCUT2D eigenvalue weighted by molar-refractivity contribution is 9.10. The van der Waals surface area contributed by atoms with Gasteiger partial charge >= 0.3 is 0 Å². The number of benzene rings is 2. The molecule has 0 aromatic heterocycles. The van der Waals surface area contributed by atoms with Crippen LogP contribution >= 0.6 is 15.9 Å². The summed E-state index contributed by atoms with van der Waals surface area (Å²) in [6, 6.07) is 10.3. The lowest BCUT2D eigenvalue weighted by Crippen LogP contribution is -2.34. The molecule has 0 bridgehead atoms. The van der Waals surface area contributed by atoms with Crippen molar-refractivity contribution in [1.29, 1.82) is 0 Å². The Balaban J connectivity index is 1.94. The molecule has 0 saturated carbocycles. The molecule has 1 unspecified atom stereocenters. The molecular weight excluding hydrogens is 351 g/mol. The summed E-state index contributed by atoms with van der Waals surface area (Å²) in [6.07, 6.45) is -0.239. The normalized spacial score (nSPS) is 20.0. The lowest BCUT2D eigenvalue weighted by atomic mass is 9.88. The molecule has 3 nitrogen and oxygen atoms in total. The van der Waals surface area contributed by atoms with E-state index in [9.17, 15) is 19.1 Å². The monoisotopic (exact) mass is 362 g/mol. The molecule has 0 saturated heterocycles. The molecule has 1 aliphatic carbocycles. The van der Waals surface area contributed by atoms with Crippen LogP contribution in [0.3, 0.4) is 0 Å². The van der Waals surface area contributed by atoms with Crippen LogP contribution in [0.15, 0.2) is 46.9 Å². The average Bonchev–Trinajstić information content (AvgIpc) is 2.71. The van der Waals surface area contributed by atoms with Crippen molar-refractivity contribution in [3.63, 3.8) is 0 Å². The third-order valence-electron chi connectivity index (χ3n) is 3.91. The van der Waals surface area contributed by atoms with Gasteiger partial charge in [-0.2, -0.15) is 0 Å². The number of hydrogen-bond donors (Lipinski definition) is 1. The number of aliphatic hydroxyl groups is 1. The van der Waals surface area contributed by atoms with Crippen LogP contribution < -0.4 is 0 Å². The van der Waals surface area contributed by atoms with Gasteiger partial charge < -0.3 is 5.11 Å². The van der Waals surface area contributed by atoms with Gasteiger partial charge in [-0.25, -0.2) is 4.39 Å². The maximum atomic E-state index is 12.9. The summed E-state index contributed by atoms with van der Waals surface area (Å²) < 4.78 is 13.6. The van der Waals surface area contributed by atoms with E-state index < -0.39 is 23.0 Å². The van der Waals surface area contributed by atoms with Crippen molar-refractivity contribution >= 4 is 27.5 Å². The highest BCUT2D eigenvalue weighted by Crippen LogP contribution is 2.39. The molecule has 112 valence electrons. The molecule has 3 rings (SSSR count). The number of ketones is 2. The number of Topliss-reactive ketones (excluding diaryl/α,β-unsaturated/α-hetero) is 2. The maximum Gasteiger partial charge on any atom is 0.173 e. The largest absolute Gasteiger partial charge is 0.377 e. The Hall–Kier alpha value is -1.85. The number of halogens is 2. The molecular formula is C17H12BrFO3. The summed E-state index contributed by atoms with van der Waals surface area (Å²) in [5.41, 5.74) is -0.360. The molecule has 1 aliphatic rings. The first kappa shape index (κ1) is 15.1. The number of carbonyl (C=O) groups is 2. The van der Waals surface area contributed by atoms with E-state index in [1.807, 2.05) is 0 Å². The quantitative estimate of drug-likeness (QED) is 0.853. The second-order valence-electron chi connectivity index (χ2n) is 5.37. The van der Waals surface area contributed by atoms with Crippen LogP contribution in [0.5, 0.6) is 0 Å². The molecule has 2 aromatic carbocycles. The fraction of sp³-hybridized carbons (Fsp3) is 0.176. The summed E-state index contributed by atoms with van der Waals surface area (Å²) in [6.45, 7) is 0. The fourth-order valence-electron chi connectivity index (χ4n) is 2.72. The first-order chi connectivity index (χ1) is 10.4. The van der Waals surface area contributed by atoms with Gasteiger partial charge in [0.2, 0.25) is 0 Å². The van der Waals surface area contributed by atoms with E-state index in [4.69, 9.17) is 0 Å². The zero-order chi connectivity index (χ0) is 15.9. The topological polar surface area (TPSA) is 54.4 Å². The van der Waals surface area contributed by atoms with Gasteiger partial charge in [-0.1, -0.05) is 22.0 Å². The highest BCUT2D eigenvalue weighted by atomic mass is 79.9. The Morgan fingerprint density at radius 3 is 2.59 bits per heavy atom. The molecule has 5 heteroatoms. The lowest BCUT2D eigenvalue weighted by Gasteiger charge is -2.22. The SMILES string of the molecule is O=C(CC1(O)C(=O)Cc2ccc(Br)cc21)c1ccc(F)cc1. The first-order valence-corrected chi connectivity index (χ1v) is 7.53. The maximum absolute atomic E-state index is 12.9. The minimum absolute atomic E-state index is 0.107. The Kier molecular flexibility index (Phi) is 3.70. The fourth-order valence-corrected chi connectivity index (χ4v) is 3.08. The predicted molar refractivity (Wildman–Crippen MR) is 82.1 cm³/mol. The molecule has 0 amide bonds. The molecule has 0 aliphatic heterocycles. The summed E-state index contributed by atoms with van der Waals surface area (Å²) in [5.74, 6) is -1.23. The van der Waals surface area contributed by atoms with Gasteiger partial charge in [0.1, 0.15) is 5.82 Å². The molecule has 1 atom stereocenters. The standard InChI is InChI=1S/C17H12BrFO3/c18-12-4-1-11-7-16(21)17(22,14(11)8-12)9-15(20)10-2-5-13(19)6-3-10/h1-6,8,22H,7,9H2. The Labute approximate surface area is 134 Å². The van der Waals surface area contributed by atoms with Crippen molar-refractivity contribution in [3.8, 4) is 0 Å². The van der Waals surface area contributed by atoms with Crippen molar-refractivity contribution in [3.05, 3.63) is 69.4 Å². The van der Waals surface area contributed by atoms with Gasteiger partial charge in [0.25, 0.3) is 0 Å². The van der Waals surface area contributed by atoms with Gasteiger partial charge in [0.05, 0.1) is 6.42 Å². The van der Waals surface area contributed by atoms with E-state index in [-0.39, 0.29) is 18.4 Å². The smallest absolute Gasteiger partial charge is 0.173 e. The minimum atomic E-state index is -1.81. The molecule has 0 radical (unpaired) electrons. The lowest BCUT2D eigenvalue weighted by molar-refractivity contribution is -0.135. The van der Waals surface area contributed by atoms with Crippen molar-refractivity contribution in [2.24, 2.45) is 0 Å². The van der Waals surface area contributed by atoms with Crippen molar-refractivity contribution in [2.45, 2.75) is 18.4 Å². The van der Waals surface area contributed by atoms with Crippen molar-refractivity contribution < 1.29 is 19.1 Å².